The molecule has 0 amide bonds. The second-order valence-electron chi connectivity index (χ2n) is 17.3. The van der Waals surface area contributed by atoms with Gasteiger partial charge in [-0.25, -0.2) is 0 Å². The van der Waals surface area contributed by atoms with Crippen molar-refractivity contribution in [3.63, 3.8) is 0 Å². The van der Waals surface area contributed by atoms with E-state index >= 15 is 0 Å². The van der Waals surface area contributed by atoms with Crippen LogP contribution < -0.4 is 26.4 Å². The van der Waals surface area contributed by atoms with E-state index in [1.807, 2.05) is 12.4 Å². The molecule has 0 saturated heterocycles. The lowest BCUT2D eigenvalue weighted by molar-refractivity contribution is -0.691. The van der Waals surface area contributed by atoms with Crippen LogP contribution in [-0.4, -0.2) is 11.1 Å². The van der Waals surface area contributed by atoms with Crippen LogP contribution in [-0.2, 0) is 56.0 Å². The highest BCUT2D eigenvalue weighted by Crippen LogP contribution is 2.41. The smallest absolute Gasteiger partial charge is 0.252 e. The minimum atomic E-state index is -6.13. The molecule has 5 aromatic carbocycles. The van der Waals surface area contributed by atoms with E-state index in [0.29, 0.717) is 0 Å². The molecule has 0 spiro atoms. The van der Waals surface area contributed by atoms with E-state index in [1.165, 1.54) is 42.5 Å². The zero-order chi connectivity index (χ0) is 56.8. The predicted molar refractivity (Wildman–Crippen MR) is 226 cm³/mol. The molecule has 6 aromatic rings. The van der Waals surface area contributed by atoms with Crippen LogP contribution in [0.5, 0.6) is 0 Å². The molecular formula is C49H31BF24N2. The normalized spacial score (nSPS) is 14.5. The molecule has 1 aliphatic carbocycles. The van der Waals surface area contributed by atoms with E-state index < -0.39 is 195 Å². The molecule has 1 heterocycles. The summed E-state index contributed by atoms with van der Waals surface area (Å²) in [5, 5.41) is 0. The summed E-state index contributed by atoms with van der Waals surface area (Å²) in [6.45, 7) is 0.913. The van der Waals surface area contributed by atoms with E-state index in [4.69, 9.17) is 0 Å². The summed E-state index contributed by atoms with van der Waals surface area (Å²) in [5.41, 5.74) is -26.2. The maximum atomic E-state index is 14.2. The SMILES string of the molecule is C1=C(c2cncc[n+]2Cc2ccccc2)CCCC1.FC(F)(F)c1cc([B-](c2cc(C(F)(F)F)cc(C(F)(F)F)c2)(c2cc(C(F)(F)F)cc(C(F)(F)F)c2)c2cc(C(F)(F)F)cc(C(F)(F)F)c2)cc(C(F)(F)F)c1. The first-order chi connectivity index (χ1) is 34.7. The summed E-state index contributed by atoms with van der Waals surface area (Å²) in [5.74, 6) is 0. The maximum Gasteiger partial charge on any atom is 0.416 e. The first-order valence-electron chi connectivity index (χ1n) is 21.6. The standard InChI is InChI=1S/C32H12BF24.C17H19N2/c34-25(35,36)13-1-14(26(37,38)39)6-21(5-13)33(22-7-15(27(40,41)42)2-16(8-22)28(43,44)45,23-9-17(29(46,47)48)3-18(10-23)30(49,50)51)24-11-19(31(52,53)54)4-20(12-24)32(55,56)57;1-3-7-15(8-4-1)14-19-12-11-18-13-17(19)16-9-5-2-6-10-16/h1-12H;1,3-4,7-9,11-13H,2,5-6,10,14H2/q-1;+1. The van der Waals surface area contributed by atoms with Crippen molar-refractivity contribution in [1.29, 1.82) is 0 Å². The molecule has 0 fully saturated rings. The quantitative estimate of drug-likeness (QED) is 0.0884. The topological polar surface area (TPSA) is 16.8 Å². The minimum absolute atomic E-state index is 0.691. The van der Waals surface area contributed by atoms with Crippen molar-refractivity contribution in [3.05, 3.63) is 184 Å². The molecule has 2 nitrogen and oxygen atoms in total. The van der Waals surface area contributed by atoms with Crippen molar-refractivity contribution in [2.24, 2.45) is 0 Å². The summed E-state index contributed by atoms with van der Waals surface area (Å²) in [6.07, 6.45) is -41.5. The average molecular weight is 1110 g/mol. The molecule has 27 heteroatoms. The molecule has 0 radical (unpaired) electrons. The Hall–Kier alpha value is -6.70. The van der Waals surface area contributed by atoms with Crippen molar-refractivity contribution in [2.45, 2.75) is 81.6 Å². The monoisotopic (exact) mass is 1110 g/mol. The second kappa shape index (κ2) is 20.7. The summed E-state index contributed by atoms with van der Waals surface area (Å²) in [4.78, 5) is 4.30. The Bertz CT molecular complexity index is 2630. The van der Waals surface area contributed by atoms with Gasteiger partial charge in [0.25, 0.3) is 0 Å². The molecule has 0 aliphatic heterocycles. The Kier molecular flexibility index (Phi) is 15.9. The summed E-state index contributed by atoms with van der Waals surface area (Å²) < 4.78 is 343. The Morgan fingerprint density at radius 1 is 0.395 bits per heavy atom. The minimum Gasteiger partial charge on any atom is -0.252 e. The molecule has 0 saturated carbocycles. The summed E-state index contributed by atoms with van der Waals surface area (Å²) in [7, 11) is 0. The van der Waals surface area contributed by atoms with E-state index in [-0.39, 0.29) is 0 Å². The maximum absolute atomic E-state index is 14.2. The van der Waals surface area contributed by atoms with Crippen LogP contribution in [0.4, 0.5) is 105 Å². The molecule has 0 N–H and O–H groups in total. The number of halogens is 24. The van der Waals surface area contributed by atoms with Crippen LogP contribution in [0, 0.1) is 0 Å². The van der Waals surface area contributed by atoms with Gasteiger partial charge in [-0.15, -0.1) is 0 Å². The van der Waals surface area contributed by atoms with Gasteiger partial charge in [-0.05, 0) is 49.9 Å². The van der Waals surface area contributed by atoms with Gasteiger partial charge in [0.1, 0.15) is 6.15 Å². The molecule has 76 heavy (non-hydrogen) atoms. The van der Waals surface area contributed by atoms with Crippen molar-refractivity contribution < 1.29 is 110 Å². The fourth-order valence-corrected chi connectivity index (χ4v) is 8.71. The fourth-order valence-electron chi connectivity index (χ4n) is 8.71. The molecule has 1 aliphatic rings. The average Bonchev–Trinajstić information content (AvgIpc) is 3.30. The van der Waals surface area contributed by atoms with Gasteiger partial charge in [0.2, 0.25) is 5.69 Å². The molecule has 0 unspecified atom stereocenters. The predicted octanol–water partition coefficient (Wildman–Crippen LogP) is 14.6. The first kappa shape index (κ1) is 58.6. The van der Waals surface area contributed by atoms with Gasteiger partial charge in [-0.3, -0.25) is 4.98 Å². The molecule has 0 bridgehead atoms. The number of alkyl halides is 24. The number of nitrogens with zero attached hydrogens (tertiary/aromatic N) is 2. The van der Waals surface area contributed by atoms with E-state index in [9.17, 15) is 105 Å². The third-order valence-corrected chi connectivity index (χ3v) is 12.1. The van der Waals surface area contributed by atoms with Gasteiger partial charge >= 0.3 is 49.4 Å². The van der Waals surface area contributed by atoms with E-state index in [2.05, 4.69) is 52.2 Å². The Balaban J connectivity index is 0.000000408. The lowest BCUT2D eigenvalue weighted by Gasteiger charge is -2.46. The third kappa shape index (κ3) is 13.5. The number of benzene rings is 5. The summed E-state index contributed by atoms with van der Waals surface area (Å²) >= 11 is 0. The number of aromatic nitrogens is 2. The summed E-state index contributed by atoms with van der Waals surface area (Å²) in [6, 6.07) is 1.78. The Labute approximate surface area is 413 Å². The van der Waals surface area contributed by atoms with Crippen LogP contribution in [0.3, 0.4) is 0 Å². The van der Waals surface area contributed by atoms with E-state index in [0.717, 1.165) is 6.54 Å². The molecule has 1 aromatic heterocycles. The highest BCUT2D eigenvalue weighted by atomic mass is 19.4. The van der Waals surface area contributed by atoms with Gasteiger partial charge in [-0.1, -0.05) is 84.9 Å². The molecule has 408 valence electrons. The largest absolute Gasteiger partial charge is 0.416 e. The molecule has 0 atom stereocenters. The molecule has 7 rings (SSSR count). The van der Waals surface area contributed by atoms with Gasteiger partial charge in [-0.2, -0.15) is 132 Å². The van der Waals surface area contributed by atoms with Gasteiger partial charge in [0, 0.05) is 11.1 Å². The van der Waals surface area contributed by atoms with Gasteiger partial charge < -0.3 is 0 Å². The van der Waals surface area contributed by atoms with Crippen LogP contribution in [0.2, 0.25) is 0 Å². The highest BCUT2D eigenvalue weighted by molar-refractivity contribution is 7.20. The van der Waals surface area contributed by atoms with Gasteiger partial charge in [0.15, 0.2) is 12.7 Å². The second-order valence-corrected chi connectivity index (χ2v) is 17.3. The van der Waals surface area contributed by atoms with Crippen LogP contribution in [0.1, 0.15) is 81.4 Å². The van der Waals surface area contributed by atoms with Crippen molar-refractivity contribution in [1.82, 2.24) is 4.98 Å². The Morgan fingerprint density at radius 3 is 0.961 bits per heavy atom. The van der Waals surface area contributed by atoms with E-state index in [1.54, 1.807) is 0 Å². The number of hydrogen-bond acceptors (Lipinski definition) is 1. The van der Waals surface area contributed by atoms with Crippen molar-refractivity contribution in [2.75, 3.05) is 0 Å². The van der Waals surface area contributed by atoms with Crippen LogP contribution in [0.15, 0.2) is 128 Å². The van der Waals surface area contributed by atoms with Crippen LogP contribution in [0.25, 0.3) is 5.57 Å². The zero-order valence-electron chi connectivity index (χ0n) is 37.7. The van der Waals surface area contributed by atoms with Gasteiger partial charge in [0.05, 0.1) is 56.9 Å². The highest BCUT2D eigenvalue weighted by Gasteiger charge is 2.47. The number of rotatable bonds is 7. The number of hydrogen-bond donors (Lipinski definition) is 0. The van der Waals surface area contributed by atoms with Crippen molar-refractivity contribution >= 4 is 33.6 Å². The third-order valence-electron chi connectivity index (χ3n) is 12.1. The number of allylic oxidation sites excluding steroid dienone is 2. The first-order valence-corrected chi connectivity index (χ1v) is 21.6. The zero-order valence-corrected chi connectivity index (χ0v) is 37.7. The fraction of sp³-hybridized carbons (Fsp3) is 0.265. The van der Waals surface area contributed by atoms with Crippen LogP contribution >= 0.6 is 0 Å². The lowest BCUT2D eigenvalue weighted by Crippen LogP contribution is -2.75. The van der Waals surface area contributed by atoms with Crippen molar-refractivity contribution in [3.8, 4) is 0 Å². The molecular weight excluding hydrogens is 1080 g/mol. The Morgan fingerprint density at radius 2 is 0.697 bits per heavy atom. The lowest BCUT2D eigenvalue weighted by atomic mass is 9.12.